The van der Waals surface area contributed by atoms with Gasteiger partial charge in [0.25, 0.3) is 5.91 Å². The number of ether oxygens (including phenoxy) is 3. The lowest BCUT2D eigenvalue weighted by Crippen LogP contribution is -2.57. The van der Waals surface area contributed by atoms with Crippen molar-refractivity contribution in [3.63, 3.8) is 0 Å². The van der Waals surface area contributed by atoms with Crippen LogP contribution < -0.4 is 20.1 Å². The van der Waals surface area contributed by atoms with E-state index in [9.17, 15) is 14.4 Å². The average Bonchev–Trinajstić information content (AvgIpc) is 3.11. The molecule has 0 atom stereocenters. The van der Waals surface area contributed by atoms with Gasteiger partial charge in [-0.15, -0.1) is 0 Å². The van der Waals surface area contributed by atoms with Gasteiger partial charge in [-0.3, -0.25) is 19.3 Å². The van der Waals surface area contributed by atoms with Crippen molar-refractivity contribution in [2.24, 2.45) is 0 Å². The van der Waals surface area contributed by atoms with Gasteiger partial charge in [-0.1, -0.05) is 0 Å². The zero-order valence-corrected chi connectivity index (χ0v) is 28.5. The smallest absolute Gasteiger partial charge is 0.251 e. The van der Waals surface area contributed by atoms with Crippen molar-refractivity contribution in [3.05, 3.63) is 54.6 Å². The van der Waals surface area contributed by atoms with Crippen LogP contribution in [0.2, 0.25) is 0 Å². The first-order valence-electron chi connectivity index (χ1n) is 15.6. The second-order valence-corrected chi connectivity index (χ2v) is 11.4. The van der Waals surface area contributed by atoms with Crippen LogP contribution in [0.3, 0.4) is 0 Å². The van der Waals surface area contributed by atoms with E-state index in [-0.39, 0.29) is 18.3 Å². The van der Waals surface area contributed by atoms with Gasteiger partial charge in [-0.05, 0) is 62.4 Å². The highest BCUT2D eigenvalue weighted by Crippen LogP contribution is 2.27. The Morgan fingerprint density at radius 3 is 1.96 bits per heavy atom. The average molecular weight is 671 g/mol. The number of anilines is 1. The molecule has 0 aliphatic heterocycles. The van der Waals surface area contributed by atoms with Gasteiger partial charge in [-0.2, -0.15) is 10.5 Å². The van der Waals surface area contributed by atoms with Crippen LogP contribution in [-0.4, -0.2) is 104 Å². The number of benzene rings is 2. The molecule has 49 heavy (non-hydrogen) atoms. The van der Waals surface area contributed by atoms with E-state index in [4.69, 9.17) is 29.7 Å². The second-order valence-electron chi connectivity index (χ2n) is 11.4. The molecule has 258 valence electrons. The monoisotopic (exact) mass is 670 g/mol. The number of hydrogen-bond acceptors (Lipinski definition) is 11. The molecule has 0 fully saturated rings. The lowest BCUT2D eigenvalue weighted by molar-refractivity contribution is -0.147. The Morgan fingerprint density at radius 1 is 0.837 bits per heavy atom. The van der Waals surface area contributed by atoms with Crippen LogP contribution >= 0.6 is 0 Å². The van der Waals surface area contributed by atoms with Gasteiger partial charge in [0.05, 0.1) is 32.1 Å². The van der Waals surface area contributed by atoms with E-state index < -0.39 is 30.6 Å². The summed E-state index contributed by atoms with van der Waals surface area (Å²) >= 11 is 0. The molecule has 0 saturated carbocycles. The van der Waals surface area contributed by atoms with E-state index in [1.807, 2.05) is 29.2 Å². The molecule has 0 bridgehead atoms. The summed E-state index contributed by atoms with van der Waals surface area (Å²) in [6, 6.07) is 20.3. The number of carbonyl (C=O) groups excluding carboxylic acids is 3. The fourth-order valence-electron chi connectivity index (χ4n) is 4.56. The highest BCUT2D eigenvalue weighted by Gasteiger charge is 2.35. The first-order valence-corrected chi connectivity index (χ1v) is 15.6. The minimum atomic E-state index is -1.22. The van der Waals surface area contributed by atoms with E-state index in [1.54, 1.807) is 58.4 Å². The van der Waals surface area contributed by atoms with E-state index >= 15 is 0 Å². The maximum absolute atomic E-state index is 13.0. The van der Waals surface area contributed by atoms with Gasteiger partial charge in [-0.25, -0.2) is 9.97 Å². The van der Waals surface area contributed by atoms with Gasteiger partial charge in [0.15, 0.2) is 5.82 Å². The summed E-state index contributed by atoms with van der Waals surface area (Å²) < 4.78 is 15.9. The zero-order chi connectivity index (χ0) is 35.8. The van der Waals surface area contributed by atoms with Crippen molar-refractivity contribution < 1.29 is 28.6 Å². The summed E-state index contributed by atoms with van der Waals surface area (Å²) in [5, 5.41) is 23.3. The first kappa shape index (κ1) is 37.9. The van der Waals surface area contributed by atoms with Crippen LogP contribution in [0.25, 0.3) is 22.6 Å². The van der Waals surface area contributed by atoms with E-state index in [0.717, 1.165) is 5.56 Å². The van der Waals surface area contributed by atoms with Crippen LogP contribution in [0.15, 0.2) is 54.6 Å². The normalized spacial score (nSPS) is 10.9. The number of likely N-dealkylation sites (N-methyl/N-ethyl adjacent to an activating group) is 1. The molecular formula is C35H42N8O6. The third-order valence-electron chi connectivity index (χ3n) is 7.75. The Bertz CT molecular complexity index is 1560. The highest BCUT2D eigenvalue weighted by atomic mass is 16.5. The number of methoxy groups -OCH3 is 2. The summed E-state index contributed by atoms with van der Waals surface area (Å²) in [7, 11) is 4.64. The Labute approximate surface area is 286 Å². The summed E-state index contributed by atoms with van der Waals surface area (Å²) in [6.07, 6.45) is 0.628. The molecule has 14 heteroatoms. The number of nitrogens with zero attached hydrogens (tertiary/aromatic N) is 6. The van der Waals surface area contributed by atoms with Crippen molar-refractivity contribution in [2.75, 3.05) is 66.0 Å². The number of amides is 3. The van der Waals surface area contributed by atoms with Crippen molar-refractivity contribution in [1.82, 2.24) is 25.1 Å². The van der Waals surface area contributed by atoms with Crippen LogP contribution in [0, 0.1) is 22.7 Å². The molecule has 3 aromatic rings. The molecule has 3 amide bonds. The molecule has 0 aliphatic rings. The topological polar surface area (TPSA) is 183 Å². The third-order valence-corrected chi connectivity index (χ3v) is 7.75. The number of nitrogens with one attached hydrogen (secondary N) is 2. The molecular weight excluding hydrogens is 628 g/mol. The Balaban J connectivity index is 1.60. The number of nitriles is 2. The lowest BCUT2D eigenvalue weighted by Gasteiger charge is -2.34. The molecule has 3 rings (SSSR count). The zero-order valence-electron chi connectivity index (χ0n) is 28.5. The number of aromatic nitrogens is 2. The van der Waals surface area contributed by atoms with Gasteiger partial charge >= 0.3 is 0 Å². The van der Waals surface area contributed by atoms with Gasteiger partial charge in [0.2, 0.25) is 11.8 Å². The van der Waals surface area contributed by atoms with E-state index in [0.29, 0.717) is 61.1 Å². The molecule has 0 aliphatic carbocycles. The van der Waals surface area contributed by atoms with Crippen LogP contribution in [-0.2, 0) is 19.1 Å². The minimum absolute atomic E-state index is 0.236. The van der Waals surface area contributed by atoms with Crippen LogP contribution in [0.5, 0.6) is 11.5 Å². The lowest BCUT2D eigenvalue weighted by atomic mass is 10.0. The standard InChI is InChI=1S/C35H42N8O6/c1-35(2,34(46)38-18-21-43(19-6-16-36)20-7-17-37)42(3)32(45)24-49-23-31(44)40-30-22-29(25-8-12-27(47-4)13-9-25)39-33(41-30)26-10-14-28(48-5)15-11-26/h8-15,22H,6-7,18-21,23-24H2,1-5H3,(H,38,46)(H,39,40,41,44). The Morgan fingerprint density at radius 2 is 1.41 bits per heavy atom. The summed E-state index contributed by atoms with van der Waals surface area (Å²) in [4.78, 5) is 51.2. The maximum atomic E-state index is 13.0. The number of rotatable bonds is 18. The molecule has 0 saturated heterocycles. The second kappa shape index (κ2) is 18.7. The summed E-state index contributed by atoms with van der Waals surface area (Å²) in [6.45, 7) is 4.05. The Hall–Kier alpha value is -5.57. The molecule has 0 spiro atoms. The largest absolute Gasteiger partial charge is 0.497 e. The van der Waals surface area contributed by atoms with Crippen LogP contribution in [0.4, 0.5) is 5.82 Å². The molecule has 2 N–H and O–H groups in total. The number of hydrogen-bond donors (Lipinski definition) is 2. The van der Waals surface area contributed by atoms with E-state index in [2.05, 4.69) is 27.8 Å². The molecule has 0 radical (unpaired) electrons. The minimum Gasteiger partial charge on any atom is -0.497 e. The van der Waals surface area contributed by atoms with Crippen molar-refractivity contribution >= 4 is 23.5 Å². The molecule has 14 nitrogen and oxygen atoms in total. The first-order chi connectivity index (χ1) is 23.5. The molecule has 2 aromatic carbocycles. The Kier molecular flexibility index (Phi) is 14.4. The third kappa shape index (κ3) is 11.3. The number of carbonyl (C=O) groups is 3. The molecule has 1 heterocycles. The summed E-state index contributed by atoms with van der Waals surface area (Å²) in [5.41, 5.74) is 0.830. The fraction of sp³-hybridized carbons (Fsp3) is 0.400. The van der Waals surface area contributed by atoms with Crippen LogP contribution in [0.1, 0.15) is 26.7 Å². The predicted molar refractivity (Wildman–Crippen MR) is 182 cm³/mol. The van der Waals surface area contributed by atoms with Gasteiger partial charge < -0.3 is 29.7 Å². The van der Waals surface area contributed by atoms with Crippen molar-refractivity contribution in [3.8, 4) is 46.3 Å². The SMILES string of the molecule is COc1ccc(-c2cc(NC(=O)COCC(=O)N(C)C(C)(C)C(=O)NCCN(CCC#N)CCC#N)nc(-c3ccc(OC)cc3)n2)cc1. The molecule has 0 unspecified atom stereocenters. The van der Waals surface area contributed by atoms with Gasteiger partial charge in [0, 0.05) is 63.3 Å². The highest BCUT2D eigenvalue weighted by molar-refractivity contribution is 5.93. The fourth-order valence-corrected chi connectivity index (χ4v) is 4.56. The van der Waals surface area contributed by atoms with Crippen molar-refractivity contribution in [1.29, 1.82) is 10.5 Å². The van der Waals surface area contributed by atoms with Gasteiger partial charge in [0.1, 0.15) is 36.1 Å². The summed E-state index contributed by atoms with van der Waals surface area (Å²) in [5.74, 6) is 0.555. The van der Waals surface area contributed by atoms with E-state index in [1.165, 1.54) is 11.9 Å². The maximum Gasteiger partial charge on any atom is 0.251 e. The van der Waals surface area contributed by atoms with Crippen molar-refractivity contribution in [2.45, 2.75) is 32.2 Å². The molecule has 1 aromatic heterocycles. The quantitative estimate of drug-likeness (QED) is 0.203. The predicted octanol–water partition coefficient (Wildman–Crippen LogP) is 3.27.